The van der Waals surface area contributed by atoms with E-state index in [2.05, 4.69) is 5.32 Å². The van der Waals surface area contributed by atoms with Crippen molar-refractivity contribution in [2.45, 2.75) is 11.8 Å². The zero-order valence-electron chi connectivity index (χ0n) is 15.3. The lowest BCUT2D eigenvalue weighted by Crippen LogP contribution is -2.20. The first-order chi connectivity index (χ1) is 13.4. The van der Waals surface area contributed by atoms with E-state index >= 15 is 0 Å². The number of benzene rings is 2. The summed E-state index contributed by atoms with van der Waals surface area (Å²) in [5.41, 5.74) is 2.00. The third-order valence-corrected chi connectivity index (χ3v) is 4.18. The molecule has 0 unspecified atom stereocenters. The third kappa shape index (κ3) is 6.07. The van der Waals surface area contributed by atoms with Crippen molar-refractivity contribution >= 4 is 35.4 Å². The van der Waals surface area contributed by atoms with Crippen LogP contribution in [-0.4, -0.2) is 30.7 Å². The second-order valence-corrected chi connectivity index (χ2v) is 6.45. The van der Waals surface area contributed by atoms with Gasteiger partial charge >= 0.3 is 5.97 Å². The van der Waals surface area contributed by atoms with Gasteiger partial charge in [0.05, 0.1) is 7.11 Å². The monoisotopic (exact) mass is 398 g/mol. The molecule has 0 bridgehead atoms. The molecule has 0 radical (unpaired) electrons. The minimum Gasteiger partial charge on any atom is -0.504 e. The summed E-state index contributed by atoms with van der Waals surface area (Å²) in [4.78, 5) is 24.5. The molecule has 0 heterocycles. The van der Waals surface area contributed by atoms with Crippen LogP contribution in [0.15, 0.2) is 47.4 Å². The molecule has 0 aliphatic rings. The molecule has 28 heavy (non-hydrogen) atoms. The van der Waals surface area contributed by atoms with E-state index in [0.29, 0.717) is 11.3 Å². The molecule has 2 aromatic carbocycles. The number of esters is 1. The van der Waals surface area contributed by atoms with Gasteiger partial charge in [0.2, 0.25) is 0 Å². The molecule has 0 aromatic heterocycles. The van der Waals surface area contributed by atoms with Crippen LogP contribution in [0.25, 0.3) is 6.08 Å². The van der Waals surface area contributed by atoms with Gasteiger partial charge in [-0.15, -0.1) is 0 Å². The van der Waals surface area contributed by atoms with E-state index in [1.807, 2.05) is 5.40 Å². The fraction of sp³-hybridized carbons (Fsp3) is 0.150. The zero-order chi connectivity index (χ0) is 20.5. The summed E-state index contributed by atoms with van der Waals surface area (Å²) < 4.78 is 9.90. The molecule has 0 saturated carbocycles. The lowest BCUT2D eigenvalue weighted by Gasteiger charge is -2.09. The van der Waals surface area contributed by atoms with E-state index in [0.717, 1.165) is 22.2 Å². The van der Waals surface area contributed by atoms with Gasteiger partial charge in [0, 0.05) is 16.7 Å². The fourth-order valence-corrected chi connectivity index (χ4v) is 2.70. The molecular formula is C20H18N2O5S. The van der Waals surface area contributed by atoms with Crippen molar-refractivity contribution in [3.05, 3.63) is 53.6 Å². The Morgan fingerprint density at radius 2 is 2.07 bits per heavy atom. The maximum atomic E-state index is 12.0. The number of nitriles is 1. The van der Waals surface area contributed by atoms with E-state index in [9.17, 15) is 14.7 Å². The Kier molecular flexibility index (Phi) is 7.48. The van der Waals surface area contributed by atoms with E-state index in [1.54, 1.807) is 37.3 Å². The second kappa shape index (κ2) is 10.0. The smallest absolute Gasteiger partial charge is 0.331 e. The number of nitrogens with one attached hydrogen (secondary N) is 1. The van der Waals surface area contributed by atoms with Gasteiger partial charge in [-0.1, -0.05) is 6.07 Å². The van der Waals surface area contributed by atoms with Crippen LogP contribution in [0.1, 0.15) is 11.1 Å². The summed E-state index contributed by atoms with van der Waals surface area (Å²) in [5.74, 6) is -0.880. The molecule has 2 aromatic rings. The number of rotatable bonds is 7. The van der Waals surface area contributed by atoms with Gasteiger partial charge in [0.25, 0.3) is 5.91 Å². The highest BCUT2D eigenvalue weighted by Crippen LogP contribution is 2.26. The number of thioether (sulfide) groups is 1. The number of amides is 1. The summed E-state index contributed by atoms with van der Waals surface area (Å²) in [5, 5.41) is 22.8. The molecule has 2 N–H and O–H groups in total. The largest absolute Gasteiger partial charge is 0.504 e. The maximum absolute atomic E-state index is 12.0. The van der Waals surface area contributed by atoms with Gasteiger partial charge in [0.1, 0.15) is 5.40 Å². The van der Waals surface area contributed by atoms with E-state index < -0.39 is 18.5 Å². The summed E-state index contributed by atoms with van der Waals surface area (Å²) >= 11 is 1.03. The van der Waals surface area contributed by atoms with Gasteiger partial charge in [0.15, 0.2) is 18.1 Å². The van der Waals surface area contributed by atoms with Crippen molar-refractivity contribution in [3.8, 4) is 16.9 Å². The molecule has 0 fully saturated rings. The van der Waals surface area contributed by atoms with Gasteiger partial charge in [-0.2, -0.15) is 5.26 Å². The number of ether oxygens (including phenoxy) is 2. The number of methoxy groups -OCH3 is 1. The van der Waals surface area contributed by atoms with Crippen LogP contribution in [0, 0.1) is 17.6 Å². The lowest BCUT2D eigenvalue weighted by molar-refractivity contribution is -0.142. The Bertz CT molecular complexity index is 950. The van der Waals surface area contributed by atoms with Crippen molar-refractivity contribution in [3.63, 3.8) is 0 Å². The predicted octanol–water partition coefficient (Wildman–Crippen LogP) is 3.48. The standard InChI is InChI=1S/C20H18N2O5S/c1-13-9-15(28-12-21)5-6-16(13)22-19(24)11-27-20(25)8-4-14-3-7-17(23)18(10-14)26-2/h3-10,23H,11H2,1-2H3,(H,22,24)/b8-4+. The molecule has 1 amide bonds. The molecule has 0 aliphatic heterocycles. The number of phenolic OH excluding ortho intramolecular Hbond substituents is 1. The van der Waals surface area contributed by atoms with Gasteiger partial charge in [-0.3, -0.25) is 4.79 Å². The van der Waals surface area contributed by atoms with Crippen LogP contribution in [0.4, 0.5) is 5.69 Å². The van der Waals surface area contributed by atoms with Crippen LogP contribution in [-0.2, 0) is 14.3 Å². The SMILES string of the molecule is COc1cc(/C=C/C(=O)OCC(=O)Nc2ccc(SC#N)cc2C)ccc1O. The first kappa shape index (κ1) is 20.9. The Morgan fingerprint density at radius 1 is 1.29 bits per heavy atom. The minimum atomic E-state index is -0.681. The van der Waals surface area contributed by atoms with Crippen LogP contribution >= 0.6 is 11.8 Å². The normalized spacial score (nSPS) is 10.3. The lowest BCUT2D eigenvalue weighted by atomic mass is 10.2. The van der Waals surface area contributed by atoms with Crippen molar-refractivity contribution in [2.24, 2.45) is 0 Å². The van der Waals surface area contributed by atoms with Crippen LogP contribution in [0.2, 0.25) is 0 Å². The number of hydrogen-bond acceptors (Lipinski definition) is 7. The predicted molar refractivity (Wildman–Crippen MR) is 106 cm³/mol. The summed E-state index contributed by atoms with van der Waals surface area (Å²) in [7, 11) is 1.42. The summed E-state index contributed by atoms with van der Waals surface area (Å²) in [6.45, 7) is 1.37. The van der Waals surface area contributed by atoms with Crippen LogP contribution in [0.3, 0.4) is 0 Å². The van der Waals surface area contributed by atoms with E-state index in [-0.39, 0.29) is 11.5 Å². The first-order valence-electron chi connectivity index (χ1n) is 8.11. The molecular weight excluding hydrogens is 380 g/mol. The molecule has 2 rings (SSSR count). The van der Waals surface area contributed by atoms with Crippen molar-refractivity contribution in [2.75, 3.05) is 19.0 Å². The van der Waals surface area contributed by atoms with Crippen LogP contribution < -0.4 is 10.1 Å². The first-order valence-corrected chi connectivity index (χ1v) is 8.93. The number of thiocyanates is 1. The summed E-state index contributed by atoms with van der Waals surface area (Å²) in [6, 6.07) is 9.79. The molecule has 144 valence electrons. The Balaban J connectivity index is 1.87. The molecule has 8 heteroatoms. The highest BCUT2D eigenvalue weighted by atomic mass is 32.2. The summed E-state index contributed by atoms with van der Waals surface area (Å²) in [6.07, 6.45) is 2.66. The number of hydrogen-bond donors (Lipinski definition) is 2. The second-order valence-electron chi connectivity index (χ2n) is 5.59. The average Bonchev–Trinajstić information content (AvgIpc) is 2.68. The van der Waals surface area contributed by atoms with E-state index in [4.69, 9.17) is 14.7 Å². The number of carbonyl (C=O) groups is 2. The highest BCUT2D eigenvalue weighted by Gasteiger charge is 2.08. The van der Waals surface area contributed by atoms with E-state index in [1.165, 1.54) is 25.3 Å². The van der Waals surface area contributed by atoms with Crippen molar-refractivity contribution in [1.82, 2.24) is 0 Å². The number of anilines is 1. The Morgan fingerprint density at radius 3 is 2.75 bits per heavy atom. The molecule has 7 nitrogen and oxygen atoms in total. The van der Waals surface area contributed by atoms with Gasteiger partial charge in [-0.25, -0.2) is 4.79 Å². The quantitative estimate of drug-likeness (QED) is 0.318. The molecule has 0 atom stereocenters. The number of nitrogens with zero attached hydrogens (tertiary/aromatic N) is 1. The van der Waals surface area contributed by atoms with Gasteiger partial charge < -0.3 is 19.9 Å². The van der Waals surface area contributed by atoms with Crippen molar-refractivity contribution < 1.29 is 24.2 Å². The average molecular weight is 398 g/mol. The maximum Gasteiger partial charge on any atom is 0.331 e. The zero-order valence-corrected chi connectivity index (χ0v) is 16.1. The van der Waals surface area contributed by atoms with Gasteiger partial charge in [-0.05, 0) is 66.2 Å². The fourth-order valence-electron chi connectivity index (χ4n) is 2.23. The Hall–Kier alpha value is -3.44. The number of aromatic hydroxyl groups is 1. The number of aryl methyl sites for hydroxylation is 1. The number of phenols is 1. The van der Waals surface area contributed by atoms with Crippen molar-refractivity contribution in [1.29, 1.82) is 5.26 Å². The van der Waals surface area contributed by atoms with Crippen LogP contribution in [0.5, 0.6) is 11.5 Å². The third-order valence-electron chi connectivity index (χ3n) is 3.60. The minimum absolute atomic E-state index is 0.00607. The molecule has 0 spiro atoms. The Labute approximate surface area is 166 Å². The number of carbonyl (C=O) groups excluding carboxylic acids is 2. The topological polar surface area (TPSA) is 109 Å². The highest BCUT2D eigenvalue weighted by molar-refractivity contribution is 8.03. The molecule has 0 aliphatic carbocycles. The molecule has 0 saturated heterocycles.